The van der Waals surface area contributed by atoms with Crippen LogP contribution in [0.1, 0.15) is 12.8 Å². The van der Waals surface area contributed by atoms with E-state index in [1.54, 1.807) is 4.90 Å². The van der Waals surface area contributed by atoms with Crippen LogP contribution in [0.5, 0.6) is 0 Å². The van der Waals surface area contributed by atoms with Crippen molar-refractivity contribution in [2.75, 3.05) is 26.2 Å². The van der Waals surface area contributed by atoms with Crippen LogP contribution in [0, 0.1) is 0 Å². The number of carbonyl (C=O) groups is 2. The molecule has 0 fully saturated rings. The summed E-state index contributed by atoms with van der Waals surface area (Å²) >= 11 is 0. The second-order valence-electron chi connectivity index (χ2n) is 3.29. The normalized spacial score (nSPS) is 11.8. The molecule has 0 unspecified atom stereocenters. The maximum Gasteiger partial charge on any atom is 1.00 e. The van der Waals surface area contributed by atoms with Gasteiger partial charge in [-0.3, -0.25) is 9.59 Å². The summed E-state index contributed by atoms with van der Waals surface area (Å²) in [5.74, 6) is -1.81. The maximum absolute atomic E-state index is 10.4. The number of rotatable bonds is 6. The average Bonchev–Trinajstić information content (AvgIpc) is 2.62. The smallest absolute Gasteiger partial charge is 0.870 e. The molecule has 9 nitrogen and oxygen atoms in total. The van der Waals surface area contributed by atoms with Gasteiger partial charge in [-0.1, -0.05) is 0 Å². The fraction of sp³-hybridized carbons (Fsp3) is 0.667. The van der Waals surface area contributed by atoms with E-state index in [0.717, 1.165) is 0 Å². The van der Waals surface area contributed by atoms with Crippen molar-refractivity contribution in [2.45, 2.75) is 12.8 Å². The molecule has 0 saturated carbocycles. The van der Waals surface area contributed by atoms with Gasteiger partial charge in [-0.2, -0.15) is 0 Å². The molecule has 11 heteroatoms. The molecule has 0 bridgehead atoms. The summed E-state index contributed by atoms with van der Waals surface area (Å²) in [6, 6.07) is 0.350. The minimum atomic E-state index is -0.935. The van der Waals surface area contributed by atoms with Gasteiger partial charge in [0.15, 0.2) is 0 Å². The van der Waals surface area contributed by atoms with Crippen molar-refractivity contribution in [1.29, 1.82) is 0 Å². The van der Waals surface area contributed by atoms with Crippen LogP contribution in [-0.4, -0.2) is 70.3 Å². The van der Waals surface area contributed by atoms with E-state index in [4.69, 9.17) is 14.9 Å². The van der Waals surface area contributed by atoms with Crippen molar-refractivity contribution in [1.82, 2.24) is 4.90 Å². The molecule has 0 spiro atoms. The Bertz CT molecular complexity index is 315. The molecule has 1 rings (SSSR count). The summed E-state index contributed by atoms with van der Waals surface area (Å²) in [7, 11) is 0. The number of amidine groups is 1. The first-order valence-electron chi connectivity index (χ1n) is 4.95. The number of carboxylic acids is 2. The second-order valence-corrected chi connectivity index (χ2v) is 3.29. The maximum atomic E-state index is 10.4. The van der Waals surface area contributed by atoms with E-state index in [9.17, 15) is 9.59 Å². The number of nitrogens with zero attached hydrogens (tertiary/aromatic N) is 2. The van der Waals surface area contributed by atoms with Crippen LogP contribution in [0.2, 0.25) is 0 Å². The van der Waals surface area contributed by atoms with Crippen LogP contribution in [0.4, 0.5) is 0 Å². The molecule has 1 aliphatic heterocycles. The first-order valence-corrected chi connectivity index (χ1v) is 4.95. The van der Waals surface area contributed by atoms with Crippen LogP contribution in [0.3, 0.4) is 0 Å². The van der Waals surface area contributed by atoms with Crippen molar-refractivity contribution in [2.24, 2.45) is 4.99 Å². The van der Waals surface area contributed by atoms with Crippen LogP contribution in [-0.2, 0) is 14.3 Å². The Balaban J connectivity index is -0.000000320. The van der Waals surface area contributed by atoms with Gasteiger partial charge in [0.2, 0.25) is 0 Å². The third-order valence-corrected chi connectivity index (χ3v) is 2.03. The van der Waals surface area contributed by atoms with Gasteiger partial charge in [-0.05, 0) is 0 Å². The molecular weight excluding hydrogens is 294 g/mol. The fourth-order valence-corrected chi connectivity index (χ4v) is 1.27. The average molecular weight is 310 g/mol. The van der Waals surface area contributed by atoms with Crippen LogP contribution < -0.4 is 59.1 Å². The number of hydrogen-bond donors (Lipinski definition) is 2. The van der Waals surface area contributed by atoms with Crippen molar-refractivity contribution in [3.63, 3.8) is 0 Å². The molecule has 0 aromatic rings. The molecule has 0 aliphatic carbocycles. The van der Waals surface area contributed by atoms with Gasteiger partial charge in [0, 0.05) is 13.1 Å². The van der Waals surface area contributed by atoms with Gasteiger partial charge in [0.25, 0.3) is 6.02 Å². The van der Waals surface area contributed by atoms with E-state index in [-0.39, 0.29) is 89.5 Å². The zero-order valence-corrected chi connectivity index (χ0v) is 15.7. The molecule has 0 amide bonds. The number of aliphatic carboxylic acids is 2. The number of aliphatic imine (C=N–C) groups is 1. The second kappa shape index (κ2) is 15.5. The zero-order chi connectivity index (χ0) is 12.0. The Kier molecular flexibility index (Phi) is 22.0. The Labute approximate surface area is 160 Å². The molecule has 20 heavy (non-hydrogen) atoms. The van der Waals surface area contributed by atoms with Crippen LogP contribution in [0.25, 0.3) is 0 Å². The molecule has 0 atom stereocenters. The van der Waals surface area contributed by atoms with E-state index in [1.807, 2.05) is 0 Å². The van der Waals surface area contributed by atoms with Gasteiger partial charge in [-0.25, -0.2) is 4.99 Å². The predicted octanol–water partition coefficient (Wildman–Crippen LogP) is -6.72. The van der Waals surface area contributed by atoms with E-state index in [2.05, 4.69) is 4.99 Å². The minimum Gasteiger partial charge on any atom is -0.870 e. The largest absolute Gasteiger partial charge is 1.00 e. The van der Waals surface area contributed by atoms with Crippen LogP contribution in [0.15, 0.2) is 4.99 Å². The third-order valence-electron chi connectivity index (χ3n) is 2.03. The van der Waals surface area contributed by atoms with E-state index in [0.29, 0.717) is 25.7 Å². The van der Waals surface area contributed by atoms with E-state index < -0.39 is 11.9 Å². The summed E-state index contributed by atoms with van der Waals surface area (Å²) in [5.41, 5.74) is 0. The number of ether oxygens (including phenoxy) is 1. The molecule has 0 aromatic carbocycles. The summed E-state index contributed by atoms with van der Waals surface area (Å²) in [4.78, 5) is 26.4. The standard InChI is InChI=1S/C9H14N2O5.2Na.2H2O/c12-7(13)1-4-11-5-3-10-9(11)16-6-2-8(14)15;;;;/h1-6H2,(H,12,13)(H,14,15);;;2*1H2/q;2*+1;;/p-2. The van der Waals surface area contributed by atoms with E-state index >= 15 is 0 Å². The first-order chi connectivity index (χ1) is 7.59. The van der Waals surface area contributed by atoms with Crippen molar-refractivity contribution in [3.8, 4) is 0 Å². The SMILES string of the molecule is O=C(O)CCOC1=NCCN1CCC(=O)O.[Na+].[Na+].[OH-].[OH-]. The van der Waals surface area contributed by atoms with Gasteiger partial charge >= 0.3 is 71.1 Å². The van der Waals surface area contributed by atoms with Gasteiger partial charge < -0.3 is 30.8 Å². The van der Waals surface area contributed by atoms with Crippen LogP contribution >= 0.6 is 0 Å². The molecule has 1 heterocycles. The monoisotopic (exact) mass is 310 g/mol. The number of hydrogen-bond acceptors (Lipinski definition) is 7. The molecule has 0 saturated heterocycles. The molecule has 0 radical (unpaired) electrons. The van der Waals surface area contributed by atoms with Crippen molar-refractivity contribution < 1.29 is 94.6 Å². The molecule has 4 N–H and O–H groups in total. The van der Waals surface area contributed by atoms with Gasteiger partial charge in [0.1, 0.15) is 6.61 Å². The molecular formula is C9H16N2Na2O7. The van der Waals surface area contributed by atoms with Gasteiger partial charge in [-0.15, -0.1) is 0 Å². The fourth-order valence-electron chi connectivity index (χ4n) is 1.27. The predicted molar refractivity (Wildman–Crippen MR) is 58.2 cm³/mol. The van der Waals surface area contributed by atoms with Crippen molar-refractivity contribution in [3.05, 3.63) is 0 Å². The summed E-state index contributed by atoms with van der Waals surface area (Å²) in [6.07, 6.45) is -0.0763. The summed E-state index contributed by atoms with van der Waals surface area (Å²) < 4.78 is 5.16. The topological polar surface area (TPSA) is 159 Å². The Morgan fingerprint density at radius 3 is 2.20 bits per heavy atom. The molecule has 106 valence electrons. The summed E-state index contributed by atoms with van der Waals surface area (Å²) in [6.45, 7) is 1.57. The number of carboxylic acid groups (broad SMARTS) is 2. The first kappa shape index (κ1) is 28.3. The molecule has 0 aromatic heterocycles. The third kappa shape index (κ3) is 11.9. The Morgan fingerprint density at radius 1 is 1.15 bits per heavy atom. The van der Waals surface area contributed by atoms with Gasteiger partial charge in [0.05, 0.1) is 19.4 Å². The Morgan fingerprint density at radius 2 is 1.70 bits per heavy atom. The Hall–Kier alpha value is 0.130. The van der Waals surface area contributed by atoms with E-state index in [1.165, 1.54) is 0 Å². The van der Waals surface area contributed by atoms with Crippen molar-refractivity contribution >= 4 is 18.0 Å². The molecule has 1 aliphatic rings. The quantitative estimate of drug-likeness (QED) is 0.458. The summed E-state index contributed by atoms with van der Waals surface area (Å²) in [5, 5.41) is 16.9. The zero-order valence-electron chi connectivity index (χ0n) is 11.7. The minimum absolute atomic E-state index is 0.